The Hall–Kier alpha value is -2.15. The van der Waals surface area contributed by atoms with Gasteiger partial charge >= 0.3 is 0 Å². The number of aryl methyl sites for hydroxylation is 1. The summed E-state index contributed by atoms with van der Waals surface area (Å²) in [6, 6.07) is 6.05. The van der Waals surface area contributed by atoms with Crippen LogP contribution in [0.2, 0.25) is 0 Å². The van der Waals surface area contributed by atoms with Gasteiger partial charge in [-0.1, -0.05) is 0 Å². The fraction of sp³-hybridized carbons (Fsp3) is 0.333. The molecule has 1 aromatic carbocycles. The van der Waals surface area contributed by atoms with E-state index in [1.807, 2.05) is 10.8 Å². The molecule has 22 heavy (non-hydrogen) atoms. The fourth-order valence-electron chi connectivity index (χ4n) is 2.61. The lowest BCUT2D eigenvalue weighted by atomic mass is 10.1. The highest BCUT2D eigenvalue weighted by Gasteiger charge is 2.21. The van der Waals surface area contributed by atoms with E-state index in [0.717, 1.165) is 24.9 Å². The second kappa shape index (κ2) is 5.57. The van der Waals surface area contributed by atoms with Crippen molar-refractivity contribution in [1.82, 2.24) is 14.9 Å². The Balaban J connectivity index is 1.68. The van der Waals surface area contributed by atoms with Gasteiger partial charge in [-0.05, 0) is 30.7 Å². The van der Waals surface area contributed by atoms with Crippen molar-refractivity contribution in [2.75, 3.05) is 6.26 Å². The molecule has 2 aromatic rings. The van der Waals surface area contributed by atoms with Gasteiger partial charge in [-0.3, -0.25) is 4.79 Å². The topological polar surface area (TPSA) is 81.1 Å². The molecule has 116 valence electrons. The predicted molar refractivity (Wildman–Crippen MR) is 81.4 cm³/mol. The Kier molecular flexibility index (Phi) is 3.74. The van der Waals surface area contributed by atoms with E-state index < -0.39 is 9.84 Å². The third-order valence-corrected chi connectivity index (χ3v) is 4.94. The summed E-state index contributed by atoms with van der Waals surface area (Å²) >= 11 is 0. The van der Waals surface area contributed by atoms with Crippen molar-refractivity contribution >= 4 is 15.7 Å². The van der Waals surface area contributed by atoms with Gasteiger partial charge in [0.2, 0.25) is 0 Å². The number of sulfone groups is 1. The summed E-state index contributed by atoms with van der Waals surface area (Å²) in [6.45, 7) is 0.711. The van der Waals surface area contributed by atoms with Crippen molar-refractivity contribution < 1.29 is 13.2 Å². The van der Waals surface area contributed by atoms with Gasteiger partial charge in [0.05, 0.1) is 4.90 Å². The molecule has 0 fully saturated rings. The Bertz CT molecular complexity index is 794. The molecule has 1 aliphatic rings. The van der Waals surface area contributed by atoms with Crippen molar-refractivity contribution in [1.29, 1.82) is 0 Å². The number of nitrogens with zero attached hydrogens (tertiary/aromatic N) is 2. The molecule has 1 N–H and O–H groups in total. The Morgan fingerprint density at radius 1 is 1.32 bits per heavy atom. The molecule has 1 amide bonds. The zero-order valence-corrected chi connectivity index (χ0v) is 13.0. The van der Waals surface area contributed by atoms with Gasteiger partial charge in [0, 0.05) is 43.2 Å². The molecule has 0 aliphatic carbocycles. The highest BCUT2D eigenvalue weighted by Crippen LogP contribution is 2.14. The Morgan fingerprint density at radius 2 is 2.05 bits per heavy atom. The molecule has 0 bridgehead atoms. The number of carbonyl (C=O) groups is 1. The fourth-order valence-corrected chi connectivity index (χ4v) is 3.24. The first-order valence-electron chi connectivity index (χ1n) is 7.04. The van der Waals surface area contributed by atoms with Gasteiger partial charge in [0.25, 0.3) is 5.91 Å². The minimum absolute atomic E-state index is 0.0591. The predicted octanol–water partition coefficient (Wildman–Crippen LogP) is 1.03. The smallest absolute Gasteiger partial charge is 0.251 e. The number of carbonyl (C=O) groups excluding carboxylic acids is 1. The minimum atomic E-state index is -3.24. The molecule has 0 radical (unpaired) electrons. The van der Waals surface area contributed by atoms with Crippen molar-refractivity contribution in [2.45, 2.75) is 30.3 Å². The number of aromatic nitrogens is 2. The zero-order chi connectivity index (χ0) is 15.7. The molecule has 1 aliphatic heterocycles. The van der Waals surface area contributed by atoms with Crippen LogP contribution in [0.4, 0.5) is 0 Å². The second-order valence-electron chi connectivity index (χ2n) is 5.50. The number of amides is 1. The highest BCUT2D eigenvalue weighted by molar-refractivity contribution is 7.90. The lowest BCUT2D eigenvalue weighted by molar-refractivity contribution is 0.0927. The summed E-state index contributed by atoms with van der Waals surface area (Å²) in [7, 11) is -3.24. The van der Waals surface area contributed by atoms with Crippen LogP contribution in [-0.4, -0.2) is 36.2 Å². The van der Waals surface area contributed by atoms with Crippen LogP contribution in [0.25, 0.3) is 0 Å². The average molecular weight is 319 g/mol. The van der Waals surface area contributed by atoms with E-state index >= 15 is 0 Å². The van der Waals surface area contributed by atoms with Gasteiger partial charge < -0.3 is 9.88 Å². The first-order chi connectivity index (χ1) is 10.4. The summed E-state index contributed by atoms with van der Waals surface area (Å²) in [5, 5.41) is 2.99. The summed E-state index contributed by atoms with van der Waals surface area (Å²) in [4.78, 5) is 16.7. The number of rotatable bonds is 3. The average Bonchev–Trinajstić information content (AvgIpc) is 2.94. The molecule has 1 aromatic heterocycles. The molecule has 0 saturated heterocycles. The van der Waals surface area contributed by atoms with E-state index in [4.69, 9.17) is 0 Å². The minimum Gasteiger partial charge on any atom is -0.347 e. The number of benzene rings is 1. The maximum atomic E-state index is 12.2. The standard InChI is InChI=1S/C15H17N3O3S/c1-22(20,21)13-5-2-11(3-6-13)15(19)17-12-4-7-14-16-8-9-18(14)10-12/h2-3,5-6,8-9,12H,4,7,10H2,1H3,(H,17,19)/t12-/m1/s1. The molecule has 0 spiro atoms. The molecule has 0 unspecified atom stereocenters. The summed E-state index contributed by atoms with van der Waals surface area (Å²) in [6.07, 6.45) is 6.51. The monoisotopic (exact) mass is 319 g/mol. The number of nitrogens with one attached hydrogen (secondary N) is 1. The van der Waals surface area contributed by atoms with Crippen LogP contribution in [0.5, 0.6) is 0 Å². The normalized spacial score (nSPS) is 17.8. The number of hydrogen-bond donors (Lipinski definition) is 1. The van der Waals surface area contributed by atoms with E-state index in [-0.39, 0.29) is 16.8 Å². The summed E-state index contributed by atoms with van der Waals surface area (Å²) < 4.78 is 24.9. The van der Waals surface area contributed by atoms with Crippen LogP contribution in [0.1, 0.15) is 22.6 Å². The largest absolute Gasteiger partial charge is 0.347 e. The van der Waals surface area contributed by atoms with Crippen LogP contribution >= 0.6 is 0 Å². The molecule has 7 heteroatoms. The van der Waals surface area contributed by atoms with Crippen molar-refractivity contribution in [3.05, 3.63) is 48.0 Å². The molecular formula is C15H17N3O3S. The van der Waals surface area contributed by atoms with E-state index in [1.165, 1.54) is 24.3 Å². The Morgan fingerprint density at radius 3 is 2.73 bits per heavy atom. The van der Waals surface area contributed by atoms with Crippen LogP contribution in [-0.2, 0) is 22.8 Å². The maximum absolute atomic E-state index is 12.2. The Labute approximate surface area is 129 Å². The molecular weight excluding hydrogens is 302 g/mol. The highest BCUT2D eigenvalue weighted by atomic mass is 32.2. The van der Waals surface area contributed by atoms with Gasteiger partial charge in [0.1, 0.15) is 5.82 Å². The van der Waals surface area contributed by atoms with Crippen LogP contribution in [0.15, 0.2) is 41.6 Å². The van der Waals surface area contributed by atoms with E-state index in [2.05, 4.69) is 10.3 Å². The molecule has 3 rings (SSSR count). The summed E-state index contributed by atoms with van der Waals surface area (Å²) in [5.74, 6) is 0.858. The lowest BCUT2D eigenvalue weighted by Gasteiger charge is -2.24. The number of fused-ring (bicyclic) bond motifs is 1. The first kappa shape index (κ1) is 14.8. The second-order valence-corrected chi connectivity index (χ2v) is 7.52. The third kappa shape index (κ3) is 3.04. The molecule has 1 atom stereocenters. The summed E-state index contributed by atoms with van der Waals surface area (Å²) in [5.41, 5.74) is 0.462. The van der Waals surface area contributed by atoms with Crippen molar-refractivity contribution in [2.24, 2.45) is 0 Å². The van der Waals surface area contributed by atoms with Gasteiger partial charge in [0.15, 0.2) is 9.84 Å². The SMILES string of the molecule is CS(=O)(=O)c1ccc(C(=O)N[C@@H]2CCc3nccn3C2)cc1. The van der Waals surface area contributed by atoms with Crippen LogP contribution in [0, 0.1) is 0 Å². The van der Waals surface area contributed by atoms with Crippen LogP contribution < -0.4 is 5.32 Å². The molecule has 6 nitrogen and oxygen atoms in total. The van der Waals surface area contributed by atoms with Crippen molar-refractivity contribution in [3.8, 4) is 0 Å². The maximum Gasteiger partial charge on any atom is 0.251 e. The zero-order valence-electron chi connectivity index (χ0n) is 12.2. The van der Waals surface area contributed by atoms with Gasteiger partial charge in [-0.15, -0.1) is 0 Å². The van der Waals surface area contributed by atoms with Gasteiger partial charge in [-0.2, -0.15) is 0 Å². The molecule has 0 saturated carbocycles. The number of imidazole rings is 1. The lowest BCUT2D eigenvalue weighted by Crippen LogP contribution is -2.40. The van der Waals surface area contributed by atoms with Crippen molar-refractivity contribution in [3.63, 3.8) is 0 Å². The van der Waals surface area contributed by atoms with Crippen LogP contribution in [0.3, 0.4) is 0 Å². The first-order valence-corrected chi connectivity index (χ1v) is 8.93. The number of hydrogen-bond acceptors (Lipinski definition) is 4. The molecule has 2 heterocycles. The third-order valence-electron chi connectivity index (χ3n) is 3.82. The van der Waals surface area contributed by atoms with Gasteiger partial charge in [-0.25, -0.2) is 13.4 Å². The van der Waals surface area contributed by atoms with E-state index in [9.17, 15) is 13.2 Å². The van der Waals surface area contributed by atoms with E-state index in [1.54, 1.807) is 6.20 Å². The van der Waals surface area contributed by atoms with E-state index in [0.29, 0.717) is 12.1 Å². The quantitative estimate of drug-likeness (QED) is 0.916.